The Morgan fingerprint density at radius 3 is 2.90 bits per heavy atom. The van der Waals surface area contributed by atoms with E-state index in [0.717, 1.165) is 36.4 Å². The van der Waals surface area contributed by atoms with Crippen LogP contribution in [-0.4, -0.2) is 10.5 Å². The number of aromatic nitrogens is 1. The highest BCUT2D eigenvalue weighted by Crippen LogP contribution is 2.31. The van der Waals surface area contributed by atoms with Gasteiger partial charge in [-0.25, -0.2) is 0 Å². The third kappa shape index (κ3) is 3.01. The first-order chi connectivity index (χ1) is 9.65. The number of pyridine rings is 1. The Balaban J connectivity index is 1.81. The lowest BCUT2D eigenvalue weighted by atomic mass is 9.86. The van der Waals surface area contributed by atoms with Gasteiger partial charge in [0.2, 0.25) is 0 Å². The van der Waals surface area contributed by atoms with Gasteiger partial charge < -0.3 is 5.73 Å². The molecule has 20 heavy (non-hydrogen) atoms. The van der Waals surface area contributed by atoms with Crippen molar-refractivity contribution in [2.24, 2.45) is 11.7 Å². The molecule has 0 bridgehead atoms. The van der Waals surface area contributed by atoms with Crippen LogP contribution in [0.3, 0.4) is 0 Å². The maximum absolute atomic E-state index is 6.66. The molecule has 0 spiro atoms. The van der Waals surface area contributed by atoms with Crippen LogP contribution in [0.15, 0.2) is 36.4 Å². The zero-order chi connectivity index (χ0) is 14.0. The van der Waals surface area contributed by atoms with Crippen LogP contribution in [-0.2, 0) is 6.42 Å². The third-order valence-electron chi connectivity index (χ3n) is 4.70. The van der Waals surface area contributed by atoms with E-state index in [4.69, 9.17) is 10.7 Å². The van der Waals surface area contributed by atoms with Crippen molar-refractivity contribution < 1.29 is 0 Å². The van der Waals surface area contributed by atoms with Gasteiger partial charge in [-0.05, 0) is 37.3 Å². The van der Waals surface area contributed by atoms with Gasteiger partial charge in [-0.15, -0.1) is 0 Å². The van der Waals surface area contributed by atoms with Gasteiger partial charge in [-0.1, -0.05) is 44.0 Å². The van der Waals surface area contributed by atoms with Crippen LogP contribution in [0.1, 0.15) is 44.7 Å². The smallest absolute Gasteiger partial charge is 0.0705 e. The van der Waals surface area contributed by atoms with Gasteiger partial charge in [-0.3, -0.25) is 4.98 Å². The SMILES string of the molecule is CC1CCCC(N)(Cc2ccc3ccccc3n2)CC1. The number of para-hydroxylation sites is 1. The molecule has 1 aliphatic rings. The van der Waals surface area contributed by atoms with Crippen molar-refractivity contribution in [3.05, 3.63) is 42.1 Å². The highest BCUT2D eigenvalue weighted by molar-refractivity contribution is 5.78. The predicted molar refractivity (Wildman–Crippen MR) is 84.6 cm³/mol. The second-order valence-corrected chi connectivity index (χ2v) is 6.57. The van der Waals surface area contributed by atoms with E-state index in [2.05, 4.69) is 37.3 Å². The van der Waals surface area contributed by atoms with E-state index >= 15 is 0 Å². The van der Waals surface area contributed by atoms with E-state index in [9.17, 15) is 0 Å². The molecule has 1 aliphatic carbocycles. The van der Waals surface area contributed by atoms with E-state index in [0.29, 0.717) is 0 Å². The summed E-state index contributed by atoms with van der Waals surface area (Å²) in [6.07, 6.45) is 7.00. The highest BCUT2D eigenvalue weighted by Gasteiger charge is 2.28. The lowest BCUT2D eigenvalue weighted by molar-refractivity contribution is 0.360. The summed E-state index contributed by atoms with van der Waals surface area (Å²) < 4.78 is 0. The first kappa shape index (κ1) is 13.6. The lowest BCUT2D eigenvalue weighted by Gasteiger charge is -2.28. The third-order valence-corrected chi connectivity index (χ3v) is 4.70. The molecule has 0 amide bonds. The minimum atomic E-state index is -0.0553. The molecule has 1 heterocycles. The molecule has 1 aromatic carbocycles. The van der Waals surface area contributed by atoms with E-state index in [1.54, 1.807) is 0 Å². The summed E-state index contributed by atoms with van der Waals surface area (Å²) in [6.45, 7) is 2.35. The second kappa shape index (κ2) is 5.53. The van der Waals surface area contributed by atoms with Crippen LogP contribution in [0.25, 0.3) is 10.9 Å². The van der Waals surface area contributed by atoms with Gasteiger partial charge in [0.1, 0.15) is 0 Å². The van der Waals surface area contributed by atoms with E-state index in [1.165, 1.54) is 24.6 Å². The van der Waals surface area contributed by atoms with Crippen LogP contribution in [0.4, 0.5) is 0 Å². The van der Waals surface area contributed by atoms with Crippen molar-refractivity contribution in [3.8, 4) is 0 Å². The minimum Gasteiger partial charge on any atom is -0.325 e. The molecule has 106 valence electrons. The minimum absolute atomic E-state index is 0.0553. The molecular weight excluding hydrogens is 244 g/mol. The topological polar surface area (TPSA) is 38.9 Å². The number of fused-ring (bicyclic) bond motifs is 1. The van der Waals surface area contributed by atoms with Crippen molar-refractivity contribution in [1.82, 2.24) is 4.98 Å². The summed E-state index contributed by atoms with van der Waals surface area (Å²) in [4.78, 5) is 4.78. The average Bonchev–Trinajstić information content (AvgIpc) is 2.61. The fourth-order valence-corrected chi connectivity index (χ4v) is 3.35. The van der Waals surface area contributed by atoms with E-state index < -0.39 is 0 Å². The highest BCUT2D eigenvalue weighted by atomic mass is 14.8. The molecule has 2 unspecified atom stereocenters. The maximum atomic E-state index is 6.66. The van der Waals surface area contributed by atoms with Crippen molar-refractivity contribution in [2.45, 2.75) is 51.0 Å². The Morgan fingerprint density at radius 2 is 2.00 bits per heavy atom. The van der Waals surface area contributed by atoms with Crippen LogP contribution < -0.4 is 5.73 Å². The first-order valence-electron chi connectivity index (χ1n) is 7.78. The molecule has 1 saturated carbocycles. The summed E-state index contributed by atoms with van der Waals surface area (Å²) in [5.74, 6) is 0.824. The van der Waals surface area contributed by atoms with Gasteiger partial charge in [0, 0.05) is 23.0 Å². The standard InChI is InChI=1S/C18H24N2/c1-14-5-4-11-18(19,12-10-14)13-16-9-8-15-6-2-3-7-17(15)20-16/h2-3,6-9,14H,4-5,10-13,19H2,1H3. The predicted octanol–water partition coefficient (Wildman–Crippen LogP) is 4.08. The molecule has 2 N–H and O–H groups in total. The monoisotopic (exact) mass is 268 g/mol. The summed E-state index contributed by atoms with van der Waals surface area (Å²) in [6, 6.07) is 12.6. The fraction of sp³-hybridized carbons (Fsp3) is 0.500. The quantitative estimate of drug-likeness (QED) is 0.834. The Hall–Kier alpha value is -1.41. The molecule has 1 fully saturated rings. The van der Waals surface area contributed by atoms with Gasteiger partial charge in [-0.2, -0.15) is 0 Å². The second-order valence-electron chi connectivity index (χ2n) is 6.57. The van der Waals surface area contributed by atoms with Crippen molar-refractivity contribution in [2.75, 3.05) is 0 Å². The van der Waals surface area contributed by atoms with Gasteiger partial charge >= 0.3 is 0 Å². The zero-order valence-corrected chi connectivity index (χ0v) is 12.3. The maximum Gasteiger partial charge on any atom is 0.0705 e. The fourth-order valence-electron chi connectivity index (χ4n) is 3.35. The van der Waals surface area contributed by atoms with Crippen LogP contribution in [0.2, 0.25) is 0 Å². The van der Waals surface area contributed by atoms with Gasteiger partial charge in [0.05, 0.1) is 5.52 Å². The molecule has 2 atom stereocenters. The molecule has 1 aromatic heterocycles. The van der Waals surface area contributed by atoms with Crippen molar-refractivity contribution in [1.29, 1.82) is 0 Å². The summed E-state index contributed by atoms with van der Waals surface area (Å²) in [5, 5.41) is 1.21. The summed E-state index contributed by atoms with van der Waals surface area (Å²) in [7, 11) is 0. The molecule has 2 nitrogen and oxygen atoms in total. The van der Waals surface area contributed by atoms with Crippen LogP contribution in [0, 0.1) is 5.92 Å². The van der Waals surface area contributed by atoms with Gasteiger partial charge in [0.15, 0.2) is 0 Å². The number of hydrogen-bond acceptors (Lipinski definition) is 2. The molecule has 0 radical (unpaired) electrons. The van der Waals surface area contributed by atoms with E-state index in [-0.39, 0.29) is 5.54 Å². The zero-order valence-electron chi connectivity index (χ0n) is 12.3. The molecular formula is C18H24N2. The van der Waals surface area contributed by atoms with Crippen molar-refractivity contribution in [3.63, 3.8) is 0 Å². The van der Waals surface area contributed by atoms with Crippen LogP contribution >= 0.6 is 0 Å². The normalized spacial score (nSPS) is 27.4. The van der Waals surface area contributed by atoms with E-state index in [1.807, 2.05) is 6.07 Å². The Bertz CT molecular complexity index is 593. The number of rotatable bonds is 2. The average molecular weight is 268 g/mol. The molecule has 2 aromatic rings. The number of hydrogen-bond donors (Lipinski definition) is 1. The number of benzene rings is 1. The van der Waals surface area contributed by atoms with Crippen LogP contribution in [0.5, 0.6) is 0 Å². The molecule has 0 saturated heterocycles. The Labute approximate surface area is 121 Å². The molecule has 3 rings (SSSR count). The lowest BCUT2D eigenvalue weighted by Crippen LogP contribution is -2.41. The first-order valence-corrected chi connectivity index (χ1v) is 7.78. The molecule has 2 heteroatoms. The number of nitrogens with two attached hydrogens (primary N) is 1. The molecule has 0 aliphatic heterocycles. The Morgan fingerprint density at radius 1 is 1.15 bits per heavy atom. The Kier molecular flexibility index (Phi) is 3.75. The van der Waals surface area contributed by atoms with Gasteiger partial charge in [0.25, 0.3) is 0 Å². The summed E-state index contributed by atoms with van der Waals surface area (Å²) >= 11 is 0. The summed E-state index contributed by atoms with van der Waals surface area (Å²) in [5.41, 5.74) is 8.82. The number of nitrogens with zero attached hydrogens (tertiary/aromatic N) is 1. The largest absolute Gasteiger partial charge is 0.325 e. The van der Waals surface area contributed by atoms with Crippen molar-refractivity contribution >= 4 is 10.9 Å².